The summed E-state index contributed by atoms with van der Waals surface area (Å²) < 4.78 is 5.14. The van der Waals surface area contributed by atoms with E-state index in [4.69, 9.17) is 4.74 Å². The minimum atomic E-state index is -0.186. The molecule has 0 atom stereocenters. The number of hydrogen-bond donors (Lipinski definition) is 3. The fourth-order valence-electron chi connectivity index (χ4n) is 2.99. The highest BCUT2D eigenvalue weighted by Gasteiger charge is 2.10. The molecule has 1 aromatic heterocycles. The molecule has 7 heteroatoms. The van der Waals surface area contributed by atoms with E-state index < -0.39 is 0 Å². The van der Waals surface area contributed by atoms with Crippen LogP contribution >= 0.6 is 24.0 Å². The quantitative estimate of drug-likeness (QED) is 0.204. The van der Waals surface area contributed by atoms with Crippen LogP contribution in [0.4, 0.5) is 5.13 Å². The minimum Gasteiger partial charge on any atom is -0.497 e. The molecule has 0 spiro atoms. The van der Waals surface area contributed by atoms with E-state index in [2.05, 4.69) is 42.1 Å². The van der Waals surface area contributed by atoms with E-state index in [9.17, 15) is 4.79 Å². The van der Waals surface area contributed by atoms with Crippen LogP contribution in [0.25, 0.3) is 11.3 Å². The lowest BCUT2D eigenvalue weighted by atomic mass is 10.2. The van der Waals surface area contributed by atoms with Gasteiger partial charge < -0.3 is 10.1 Å². The summed E-state index contributed by atoms with van der Waals surface area (Å²) in [6, 6.07) is 14.7. The van der Waals surface area contributed by atoms with Gasteiger partial charge in [-0.05, 0) is 74.5 Å². The summed E-state index contributed by atoms with van der Waals surface area (Å²) >= 11 is 5.60. The first-order chi connectivity index (χ1) is 16.1. The molecule has 0 unspecified atom stereocenters. The average molecular weight is 486 g/mol. The Bertz CT molecular complexity index is 933. The number of unbranched alkanes of at least 4 members (excludes halogenated alkanes) is 3. The fraction of sp³-hybridized carbons (Fsp3) is 0.385. The van der Waals surface area contributed by atoms with E-state index in [0.29, 0.717) is 10.7 Å². The topological polar surface area (TPSA) is 63.2 Å². The van der Waals surface area contributed by atoms with Gasteiger partial charge in [0.2, 0.25) is 0 Å². The highest BCUT2D eigenvalue weighted by molar-refractivity contribution is 7.80. The van der Waals surface area contributed by atoms with Crippen LogP contribution < -0.4 is 15.4 Å². The molecule has 0 aliphatic heterocycles. The van der Waals surface area contributed by atoms with Crippen molar-refractivity contribution in [1.29, 1.82) is 0 Å². The van der Waals surface area contributed by atoms with Crippen LogP contribution in [0.15, 0.2) is 58.8 Å². The van der Waals surface area contributed by atoms with Gasteiger partial charge in [-0.1, -0.05) is 33.1 Å². The Morgan fingerprint density at radius 2 is 1.70 bits per heavy atom. The first-order valence-corrected chi connectivity index (χ1v) is 12.8. The van der Waals surface area contributed by atoms with Crippen molar-refractivity contribution in [3.05, 3.63) is 59.5 Å². The number of carbonyl (C=O) groups is 1. The number of anilines is 1. The first-order valence-electron chi connectivity index (χ1n) is 11.5. The van der Waals surface area contributed by atoms with Crippen LogP contribution in [0, 0.1) is 0 Å². The zero-order valence-electron chi connectivity index (χ0n) is 19.8. The van der Waals surface area contributed by atoms with Gasteiger partial charge in [0.15, 0.2) is 5.13 Å². The minimum absolute atomic E-state index is 0.186. The maximum absolute atomic E-state index is 12.2. The number of hydrogen-bond acceptors (Lipinski definition) is 6. The molecule has 1 heterocycles. The molecule has 0 radical (unpaired) electrons. The van der Waals surface area contributed by atoms with E-state index >= 15 is 0 Å². The molecule has 0 saturated carbocycles. The Kier molecular flexibility index (Phi) is 12.6. The summed E-state index contributed by atoms with van der Waals surface area (Å²) in [5, 5.41) is 8.68. The molecule has 5 nitrogen and oxygen atoms in total. The predicted octanol–water partition coefficient (Wildman–Crippen LogP) is 6.93. The lowest BCUT2D eigenvalue weighted by Crippen LogP contribution is -2.15. The molecule has 0 bridgehead atoms. The lowest BCUT2D eigenvalue weighted by molar-refractivity contribution is 0.102. The van der Waals surface area contributed by atoms with Crippen LogP contribution in [0.5, 0.6) is 5.75 Å². The van der Waals surface area contributed by atoms with Crippen molar-refractivity contribution in [2.24, 2.45) is 0 Å². The molecule has 1 amide bonds. The van der Waals surface area contributed by atoms with E-state index in [1.54, 1.807) is 31.4 Å². The zero-order valence-corrected chi connectivity index (χ0v) is 21.5. The molecule has 3 aromatic rings. The second kappa shape index (κ2) is 15.5. The number of methoxy groups -OCH3 is 1. The lowest BCUT2D eigenvalue weighted by Gasteiger charge is -2.02. The van der Waals surface area contributed by atoms with Crippen LogP contribution in [0.3, 0.4) is 0 Å². The summed E-state index contributed by atoms with van der Waals surface area (Å²) in [6.07, 6.45) is 6.75. The predicted molar refractivity (Wildman–Crippen MR) is 143 cm³/mol. The van der Waals surface area contributed by atoms with Crippen molar-refractivity contribution in [2.75, 3.05) is 25.5 Å². The van der Waals surface area contributed by atoms with Gasteiger partial charge in [0, 0.05) is 21.4 Å². The number of aromatic nitrogens is 1. The van der Waals surface area contributed by atoms with Gasteiger partial charge >= 0.3 is 0 Å². The van der Waals surface area contributed by atoms with Crippen LogP contribution in [-0.4, -0.2) is 31.1 Å². The van der Waals surface area contributed by atoms with Crippen molar-refractivity contribution in [1.82, 2.24) is 10.3 Å². The van der Waals surface area contributed by atoms with E-state index in [1.807, 2.05) is 29.6 Å². The van der Waals surface area contributed by atoms with Crippen molar-refractivity contribution < 1.29 is 9.53 Å². The highest BCUT2D eigenvalue weighted by Crippen LogP contribution is 2.26. The van der Waals surface area contributed by atoms with Crippen molar-refractivity contribution >= 4 is 35.0 Å². The number of rotatable bonds is 11. The third-order valence-corrected chi connectivity index (χ3v) is 5.93. The zero-order chi connectivity index (χ0) is 23.9. The monoisotopic (exact) mass is 485 g/mol. The number of benzene rings is 2. The summed E-state index contributed by atoms with van der Waals surface area (Å²) in [7, 11) is 1.63. The summed E-state index contributed by atoms with van der Waals surface area (Å²) in [6.45, 7) is 6.86. The maximum atomic E-state index is 12.2. The molecular weight excluding hydrogens is 450 g/mol. The van der Waals surface area contributed by atoms with Gasteiger partial charge in [-0.15, -0.1) is 24.0 Å². The molecular formula is C26H35N3O2S2. The van der Waals surface area contributed by atoms with E-state index in [1.165, 1.54) is 56.5 Å². The van der Waals surface area contributed by atoms with Gasteiger partial charge in [-0.25, -0.2) is 4.98 Å². The Balaban J connectivity index is 0.000000328. The Morgan fingerprint density at radius 1 is 0.970 bits per heavy atom. The van der Waals surface area contributed by atoms with E-state index in [-0.39, 0.29) is 5.91 Å². The van der Waals surface area contributed by atoms with Crippen molar-refractivity contribution in [3.8, 4) is 17.0 Å². The van der Waals surface area contributed by atoms with Crippen molar-refractivity contribution in [2.45, 2.75) is 50.8 Å². The smallest absolute Gasteiger partial charge is 0.257 e. The van der Waals surface area contributed by atoms with Gasteiger partial charge in [0.1, 0.15) is 5.75 Å². The maximum Gasteiger partial charge on any atom is 0.257 e. The molecule has 0 saturated heterocycles. The van der Waals surface area contributed by atoms with Gasteiger partial charge in [-0.2, -0.15) is 0 Å². The van der Waals surface area contributed by atoms with Crippen molar-refractivity contribution in [3.63, 3.8) is 0 Å². The second-order valence-electron chi connectivity index (χ2n) is 7.58. The number of carbonyl (C=O) groups excluding carboxylic acids is 1. The van der Waals surface area contributed by atoms with Crippen LogP contribution in [-0.2, 0) is 0 Å². The highest BCUT2D eigenvalue weighted by atomic mass is 32.1. The van der Waals surface area contributed by atoms with Gasteiger partial charge in [-0.3, -0.25) is 10.1 Å². The van der Waals surface area contributed by atoms with Gasteiger partial charge in [0.05, 0.1) is 12.8 Å². The van der Waals surface area contributed by atoms with Crippen LogP contribution in [0.1, 0.15) is 56.3 Å². The average Bonchev–Trinajstić information content (AvgIpc) is 3.30. The molecule has 0 aliphatic carbocycles. The Hall–Kier alpha value is -2.35. The number of nitrogens with zero attached hydrogens (tertiary/aromatic N) is 1. The Morgan fingerprint density at radius 3 is 2.33 bits per heavy atom. The van der Waals surface area contributed by atoms with Gasteiger partial charge in [0.25, 0.3) is 5.91 Å². The molecule has 178 valence electrons. The normalized spacial score (nSPS) is 10.3. The Labute approximate surface area is 207 Å². The number of thiazole rings is 1. The summed E-state index contributed by atoms with van der Waals surface area (Å²) in [5.74, 6) is 0.610. The molecule has 0 aliphatic rings. The molecule has 2 aromatic carbocycles. The number of nitrogens with one attached hydrogen (secondary N) is 2. The molecule has 33 heavy (non-hydrogen) atoms. The number of thiol groups is 1. The summed E-state index contributed by atoms with van der Waals surface area (Å²) in [4.78, 5) is 17.4. The number of ether oxygens (including phenoxy) is 1. The third-order valence-electron chi connectivity index (χ3n) is 4.87. The SMILES string of the molecule is CCCCCCNCCC.COc1ccc(-c2csc(NC(=O)c3ccc(S)cc3)n2)cc1. The third kappa shape index (κ3) is 9.98. The standard InChI is InChI=1S/C17H14N2O2S2.C9H21N/c1-21-13-6-2-11(3-7-13)15-10-23-17(18-15)19-16(20)12-4-8-14(22)9-5-12;1-3-5-6-7-9-10-8-4-2/h2-10,22H,1H3,(H,18,19,20);10H,3-9H2,1-2H3. The molecule has 2 N–H and O–H groups in total. The first kappa shape index (κ1) is 26.9. The number of amides is 1. The molecule has 3 rings (SSSR count). The van der Waals surface area contributed by atoms with E-state index in [0.717, 1.165) is 21.9 Å². The molecule has 0 fully saturated rings. The fourth-order valence-corrected chi connectivity index (χ4v) is 3.85. The largest absolute Gasteiger partial charge is 0.497 e. The second-order valence-corrected chi connectivity index (χ2v) is 8.95. The summed E-state index contributed by atoms with van der Waals surface area (Å²) in [5.41, 5.74) is 2.37. The van der Waals surface area contributed by atoms with Crippen LogP contribution in [0.2, 0.25) is 0 Å².